The first-order chi connectivity index (χ1) is 5.97. The van der Waals surface area contributed by atoms with Gasteiger partial charge in [0.25, 0.3) is 10.1 Å². The lowest BCUT2D eigenvalue weighted by molar-refractivity contribution is -0.134. The van der Waals surface area contributed by atoms with Gasteiger partial charge in [-0.3, -0.25) is 8.98 Å². The molecule has 2 aliphatic carbocycles. The zero-order valence-corrected chi connectivity index (χ0v) is 8.21. The third-order valence-electron chi connectivity index (χ3n) is 2.91. The van der Waals surface area contributed by atoms with Crippen molar-refractivity contribution < 1.29 is 17.4 Å². The van der Waals surface area contributed by atoms with Crippen LogP contribution in [0.25, 0.3) is 0 Å². The van der Waals surface area contributed by atoms with Crippen molar-refractivity contribution in [1.29, 1.82) is 0 Å². The lowest BCUT2D eigenvalue weighted by Gasteiger charge is -2.31. The lowest BCUT2D eigenvalue weighted by Crippen LogP contribution is -2.39. The molecule has 74 valence electrons. The van der Waals surface area contributed by atoms with Gasteiger partial charge in [0.05, 0.1) is 12.4 Å². The van der Waals surface area contributed by atoms with Crippen molar-refractivity contribution >= 4 is 15.9 Å². The molecule has 0 saturated heterocycles. The molecule has 13 heavy (non-hydrogen) atoms. The van der Waals surface area contributed by atoms with Crippen LogP contribution in [-0.4, -0.2) is 26.6 Å². The molecule has 4 nitrogen and oxygen atoms in total. The van der Waals surface area contributed by atoms with Gasteiger partial charge in [-0.2, -0.15) is 8.42 Å². The Balaban J connectivity index is 2.01. The van der Waals surface area contributed by atoms with Gasteiger partial charge >= 0.3 is 0 Å². The predicted octanol–water partition coefficient (Wildman–Crippen LogP) is 0.330. The standard InChI is InChI=1S/C8H12O4S/c1-13(10,11)12-8-3-2-5-6(8)4-7(5)9/h5-6,8H,2-4H2,1H3/t5-,6-,8+/m0/s1. The normalized spacial score (nSPS) is 38.5. The molecular weight excluding hydrogens is 192 g/mol. The number of fused-ring (bicyclic) bond motifs is 1. The van der Waals surface area contributed by atoms with Gasteiger partial charge in [-0.25, -0.2) is 0 Å². The molecule has 2 aliphatic rings. The maximum absolute atomic E-state index is 11.0. The van der Waals surface area contributed by atoms with Crippen molar-refractivity contribution in [2.75, 3.05) is 6.26 Å². The molecule has 0 heterocycles. The van der Waals surface area contributed by atoms with E-state index in [4.69, 9.17) is 4.18 Å². The maximum atomic E-state index is 11.0. The SMILES string of the molecule is CS(=O)(=O)O[C@@H]1CC[C@@H]2C(=O)C[C@@H]21. The Kier molecular flexibility index (Phi) is 1.96. The van der Waals surface area contributed by atoms with Crippen LogP contribution in [0.2, 0.25) is 0 Å². The Bertz CT molecular complexity index is 332. The molecule has 0 spiro atoms. The largest absolute Gasteiger partial charge is 0.299 e. The van der Waals surface area contributed by atoms with Gasteiger partial charge in [0.1, 0.15) is 5.78 Å². The summed E-state index contributed by atoms with van der Waals surface area (Å²) in [6.07, 6.45) is 2.82. The van der Waals surface area contributed by atoms with Crippen molar-refractivity contribution in [2.45, 2.75) is 25.4 Å². The van der Waals surface area contributed by atoms with Crippen LogP contribution < -0.4 is 0 Å². The first kappa shape index (κ1) is 9.15. The quantitative estimate of drug-likeness (QED) is 0.608. The zero-order chi connectivity index (χ0) is 9.64. The summed E-state index contributed by atoms with van der Waals surface area (Å²) >= 11 is 0. The monoisotopic (exact) mass is 204 g/mol. The molecule has 0 unspecified atom stereocenters. The second-order valence-electron chi connectivity index (χ2n) is 3.86. The fourth-order valence-electron chi connectivity index (χ4n) is 2.27. The molecule has 0 aliphatic heterocycles. The molecule has 0 N–H and O–H groups in total. The molecule has 0 radical (unpaired) electrons. The summed E-state index contributed by atoms with van der Waals surface area (Å²) in [5, 5.41) is 0. The molecular formula is C8H12O4S. The molecule has 2 rings (SSSR count). The molecule has 0 amide bonds. The van der Waals surface area contributed by atoms with Crippen LogP contribution in [0.1, 0.15) is 19.3 Å². The number of Topliss-reactive ketones (excluding diaryl/α,β-unsaturated/α-hetero) is 1. The lowest BCUT2D eigenvalue weighted by atomic mass is 9.74. The average molecular weight is 204 g/mol. The third-order valence-corrected chi connectivity index (χ3v) is 3.50. The molecule has 0 aromatic heterocycles. The molecule has 2 saturated carbocycles. The van der Waals surface area contributed by atoms with Crippen molar-refractivity contribution in [2.24, 2.45) is 11.8 Å². The minimum Gasteiger partial charge on any atom is -0.299 e. The van der Waals surface area contributed by atoms with Gasteiger partial charge in [-0.1, -0.05) is 0 Å². The van der Waals surface area contributed by atoms with Gasteiger partial charge in [-0.05, 0) is 12.8 Å². The molecule has 0 bridgehead atoms. The minimum absolute atomic E-state index is 0.0896. The van der Waals surface area contributed by atoms with Gasteiger partial charge < -0.3 is 0 Å². The predicted molar refractivity (Wildman–Crippen MR) is 45.6 cm³/mol. The van der Waals surface area contributed by atoms with Gasteiger partial charge in [-0.15, -0.1) is 0 Å². The summed E-state index contributed by atoms with van der Waals surface area (Å²) < 4.78 is 26.6. The van der Waals surface area contributed by atoms with E-state index in [1.54, 1.807) is 0 Å². The number of hydrogen-bond donors (Lipinski definition) is 0. The van der Waals surface area contributed by atoms with Gasteiger partial charge in [0, 0.05) is 18.3 Å². The fraction of sp³-hybridized carbons (Fsp3) is 0.875. The Morgan fingerprint density at radius 1 is 1.38 bits per heavy atom. The Morgan fingerprint density at radius 2 is 2.08 bits per heavy atom. The van der Waals surface area contributed by atoms with Crippen LogP contribution in [0.3, 0.4) is 0 Å². The van der Waals surface area contributed by atoms with Gasteiger partial charge in [0.2, 0.25) is 0 Å². The van der Waals surface area contributed by atoms with Gasteiger partial charge in [0.15, 0.2) is 0 Å². The van der Waals surface area contributed by atoms with Crippen LogP contribution in [0.5, 0.6) is 0 Å². The van der Waals surface area contributed by atoms with E-state index in [0.29, 0.717) is 12.8 Å². The molecule has 2 fully saturated rings. The highest BCUT2D eigenvalue weighted by Crippen LogP contribution is 2.45. The van der Waals surface area contributed by atoms with E-state index in [2.05, 4.69) is 0 Å². The maximum Gasteiger partial charge on any atom is 0.264 e. The fourth-order valence-corrected chi connectivity index (χ4v) is 2.96. The van der Waals surface area contributed by atoms with E-state index in [-0.39, 0.29) is 23.7 Å². The Labute approximate surface area is 77.4 Å². The summed E-state index contributed by atoms with van der Waals surface area (Å²) in [7, 11) is -3.36. The topological polar surface area (TPSA) is 60.4 Å². The second-order valence-corrected chi connectivity index (χ2v) is 5.46. The molecule has 3 atom stereocenters. The summed E-state index contributed by atoms with van der Waals surface area (Å²) in [4.78, 5) is 11.0. The minimum atomic E-state index is -3.36. The smallest absolute Gasteiger partial charge is 0.264 e. The highest BCUT2D eigenvalue weighted by Gasteiger charge is 2.50. The molecule has 5 heteroatoms. The van der Waals surface area contributed by atoms with Crippen molar-refractivity contribution in [3.05, 3.63) is 0 Å². The summed E-state index contributed by atoms with van der Waals surface area (Å²) in [5.41, 5.74) is 0. The highest BCUT2D eigenvalue weighted by atomic mass is 32.2. The number of rotatable bonds is 2. The van der Waals surface area contributed by atoms with Crippen LogP contribution in [0.15, 0.2) is 0 Å². The Morgan fingerprint density at radius 3 is 2.54 bits per heavy atom. The molecule has 0 aromatic carbocycles. The van der Waals surface area contributed by atoms with Crippen LogP contribution in [0.4, 0.5) is 0 Å². The van der Waals surface area contributed by atoms with Crippen molar-refractivity contribution in [3.63, 3.8) is 0 Å². The van der Waals surface area contributed by atoms with Crippen LogP contribution >= 0.6 is 0 Å². The summed E-state index contributed by atoms with van der Waals surface area (Å²) in [6.45, 7) is 0. The summed E-state index contributed by atoms with van der Waals surface area (Å²) in [5.74, 6) is 0.526. The average Bonchev–Trinajstić information content (AvgIpc) is 2.24. The zero-order valence-electron chi connectivity index (χ0n) is 7.39. The van der Waals surface area contributed by atoms with Crippen molar-refractivity contribution in [3.8, 4) is 0 Å². The third kappa shape index (κ3) is 1.62. The number of hydrogen-bond acceptors (Lipinski definition) is 4. The number of ketones is 1. The van der Waals surface area contributed by atoms with E-state index in [0.717, 1.165) is 12.7 Å². The van der Waals surface area contributed by atoms with E-state index < -0.39 is 10.1 Å². The van der Waals surface area contributed by atoms with E-state index >= 15 is 0 Å². The van der Waals surface area contributed by atoms with E-state index in [1.165, 1.54) is 0 Å². The van der Waals surface area contributed by atoms with Crippen molar-refractivity contribution in [1.82, 2.24) is 0 Å². The summed E-state index contributed by atoms with van der Waals surface area (Å²) in [6, 6.07) is 0. The second kappa shape index (κ2) is 2.78. The number of carbonyl (C=O) groups excluding carboxylic acids is 1. The van der Waals surface area contributed by atoms with E-state index in [9.17, 15) is 13.2 Å². The molecule has 0 aromatic rings. The van der Waals surface area contributed by atoms with E-state index in [1.807, 2.05) is 0 Å². The van der Waals surface area contributed by atoms with Crippen LogP contribution in [0, 0.1) is 11.8 Å². The van der Waals surface area contributed by atoms with Crippen LogP contribution in [-0.2, 0) is 19.1 Å². The number of carbonyl (C=O) groups is 1. The Hall–Kier alpha value is -0.420. The highest BCUT2D eigenvalue weighted by molar-refractivity contribution is 7.86. The first-order valence-electron chi connectivity index (χ1n) is 4.38. The first-order valence-corrected chi connectivity index (χ1v) is 6.20.